The molecule has 2 rings (SSSR count). The molecule has 0 radical (unpaired) electrons. The zero-order valence-electron chi connectivity index (χ0n) is 11.2. The van der Waals surface area contributed by atoms with Gasteiger partial charge >= 0.3 is 0 Å². The molecule has 19 heavy (non-hydrogen) atoms. The maximum atomic E-state index is 5.82. The van der Waals surface area contributed by atoms with E-state index in [1.807, 2.05) is 24.3 Å². The molecule has 5 heteroatoms. The average molecular weight is 280 g/mol. The summed E-state index contributed by atoms with van der Waals surface area (Å²) in [6.07, 6.45) is 1.94. The minimum absolute atomic E-state index is 0.524. The maximum Gasteiger partial charge on any atom is 0.245 e. The number of rotatable bonds is 6. The number of aromatic nitrogens is 2. The Morgan fingerprint density at radius 2 is 2.00 bits per heavy atom. The SMILES string of the molecule is CC(C)CCc1noc(CNc2ccc(Cl)cc2)n1. The first-order valence-electron chi connectivity index (χ1n) is 6.44. The first-order chi connectivity index (χ1) is 9.13. The van der Waals surface area contributed by atoms with Gasteiger partial charge in [0.2, 0.25) is 5.89 Å². The van der Waals surface area contributed by atoms with Crippen molar-refractivity contribution in [3.05, 3.63) is 41.0 Å². The lowest BCUT2D eigenvalue weighted by Crippen LogP contribution is -2.00. The lowest BCUT2D eigenvalue weighted by Gasteiger charge is -2.02. The molecule has 2 aromatic rings. The molecule has 1 aromatic carbocycles. The van der Waals surface area contributed by atoms with Gasteiger partial charge in [0.1, 0.15) is 0 Å². The molecule has 0 unspecified atom stereocenters. The predicted octanol–water partition coefficient (Wildman–Crippen LogP) is 3.92. The number of hydrogen-bond donors (Lipinski definition) is 1. The molecular weight excluding hydrogens is 262 g/mol. The highest BCUT2D eigenvalue weighted by atomic mass is 35.5. The van der Waals surface area contributed by atoms with Gasteiger partial charge in [0.25, 0.3) is 0 Å². The molecule has 0 fully saturated rings. The molecule has 0 spiro atoms. The van der Waals surface area contributed by atoms with Gasteiger partial charge in [-0.15, -0.1) is 0 Å². The minimum Gasteiger partial charge on any atom is -0.376 e. The lowest BCUT2D eigenvalue weighted by molar-refractivity contribution is 0.376. The van der Waals surface area contributed by atoms with E-state index in [-0.39, 0.29) is 0 Å². The molecule has 0 aliphatic carbocycles. The van der Waals surface area contributed by atoms with Crippen molar-refractivity contribution in [2.75, 3.05) is 5.32 Å². The molecule has 0 aliphatic rings. The van der Waals surface area contributed by atoms with Crippen LogP contribution in [0, 0.1) is 5.92 Å². The number of benzene rings is 1. The van der Waals surface area contributed by atoms with Crippen molar-refractivity contribution in [1.29, 1.82) is 0 Å². The molecule has 0 saturated heterocycles. The van der Waals surface area contributed by atoms with Crippen LogP contribution in [0.25, 0.3) is 0 Å². The Morgan fingerprint density at radius 3 is 2.68 bits per heavy atom. The van der Waals surface area contributed by atoms with Gasteiger partial charge in [0, 0.05) is 17.1 Å². The molecule has 0 bridgehead atoms. The quantitative estimate of drug-likeness (QED) is 0.871. The Labute approximate surface area is 118 Å². The molecule has 1 aromatic heterocycles. The number of aryl methyl sites for hydroxylation is 1. The molecule has 102 valence electrons. The first-order valence-corrected chi connectivity index (χ1v) is 6.82. The van der Waals surface area contributed by atoms with E-state index < -0.39 is 0 Å². The highest BCUT2D eigenvalue weighted by molar-refractivity contribution is 6.30. The number of halogens is 1. The van der Waals surface area contributed by atoms with Crippen LogP contribution in [-0.2, 0) is 13.0 Å². The molecule has 0 amide bonds. The van der Waals surface area contributed by atoms with Crippen LogP contribution in [0.4, 0.5) is 5.69 Å². The zero-order valence-corrected chi connectivity index (χ0v) is 11.9. The van der Waals surface area contributed by atoms with Gasteiger partial charge in [-0.25, -0.2) is 0 Å². The van der Waals surface area contributed by atoms with E-state index in [2.05, 4.69) is 29.3 Å². The number of nitrogens with one attached hydrogen (secondary N) is 1. The van der Waals surface area contributed by atoms with Crippen molar-refractivity contribution in [2.24, 2.45) is 5.92 Å². The Balaban J connectivity index is 1.84. The van der Waals surface area contributed by atoms with Crippen molar-refractivity contribution < 1.29 is 4.52 Å². The van der Waals surface area contributed by atoms with Crippen LogP contribution in [0.1, 0.15) is 32.0 Å². The smallest absolute Gasteiger partial charge is 0.245 e. The molecular formula is C14H18ClN3O. The van der Waals surface area contributed by atoms with Crippen LogP contribution in [0.3, 0.4) is 0 Å². The number of nitrogens with zero attached hydrogens (tertiary/aromatic N) is 2. The second kappa shape index (κ2) is 6.57. The number of anilines is 1. The van der Waals surface area contributed by atoms with Gasteiger partial charge in [-0.2, -0.15) is 4.98 Å². The van der Waals surface area contributed by atoms with Crippen LogP contribution in [-0.4, -0.2) is 10.1 Å². The Bertz CT molecular complexity index is 508. The fourth-order valence-corrected chi connectivity index (χ4v) is 1.75. The number of hydrogen-bond acceptors (Lipinski definition) is 4. The van der Waals surface area contributed by atoms with E-state index in [0.717, 1.165) is 29.4 Å². The van der Waals surface area contributed by atoms with Crippen LogP contribution in [0.15, 0.2) is 28.8 Å². The minimum atomic E-state index is 0.524. The van der Waals surface area contributed by atoms with E-state index in [4.69, 9.17) is 16.1 Å². The van der Waals surface area contributed by atoms with Gasteiger partial charge in [-0.05, 0) is 36.6 Å². The summed E-state index contributed by atoms with van der Waals surface area (Å²) < 4.78 is 5.19. The van der Waals surface area contributed by atoms with Gasteiger partial charge in [0.15, 0.2) is 5.82 Å². The van der Waals surface area contributed by atoms with E-state index >= 15 is 0 Å². The van der Waals surface area contributed by atoms with Crippen LogP contribution in [0.2, 0.25) is 5.02 Å². The van der Waals surface area contributed by atoms with Gasteiger partial charge in [0.05, 0.1) is 6.54 Å². The van der Waals surface area contributed by atoms with E-state index in [1.165, 1.54) is 0 Å². The third kappa shape index (κ3) is 4.56. The third-order valence-corrected chi connectivity index (χ3v) is 3.00. The normalized spacial score (nSPS) is 10.9. The molecule has 4 nitrogen and oxygen atoms in total. The van der Waals surface area contributed by atoms with Crippen LogP contribution < -0.4 is 5.32 Å². The fourth-order valence-electron chi connectivity index (χ4n) is 1.63. The summed E-state index contributed by atoms with van der Waals surface area (Å²) >= 11 is 5.82. The third-order valence-electron chi connectivity index (χ3n) is 2.74. The summed E-state index contributed by atoms with van der Waals surface area (Å²) in [6, 6.07) is 7.51. The van der Waals surface area contributed by atoms with Gasteiger partial charge < -0.3 is 9.84 Å². The molecule has 0 saturated carbocycles. The van der Waals surface area contributed by atoms with E-state index in [1.54, 1.807) is 0 Å². The Morgan fingerprint density at radius 1 is 1.26 bits per heavy atom. The average Bonchev–Trinajstić information content (AvgIpc) is 2.84. The maximum absolute atomic E-state index is 5.82. The summed E-state index contributed by atoms with van der Waals surface area (Å²) in [4.78, 5) is 4.35. The zero-order chi connectivity index (χ0) is 13.7. The summed E-state index contributed by atoms with van der Waals surface area (Å²) in [5.41, 5.74) is 0.978. The molecule has 1 N–H and O–H groups in total. The molecule has 0 aliphatic heterocycles. The summed E-state index contributed by atoms with van der Waals surface area (Å²) in [7, 11) is 0. The molecule has 0 atom stereocenters. The van der Waals surface area contributed by atoms with Gasteiger partial charge in [-0.3, -0.25) is 0 Å². The Kier molecular flexibility index (Phi) is 4.80. The second-order valence-corrected chi connectivity index (χ2v) is 5.33. The van der Waals surface area contributed by atoms with E-state index in [9.17, 15) is 0 Å². The highest BCUT2D eigenvalue weighted by Crippen LogP contribution is 2.14. The lowest BCUT2D eigenvalue weighted by atomic mass is 10.1. The summed E-state index contributed by atoms with van der Waals surface area (Å²) in [5.74, 6) is 2.03. The second-order valence-electron chi connectivity index (χ2n) is 4.90. The van der Waals surface area contributed by atoms with Crippen molar-refractivity contribution in [3.63, 3.8) is 0 Å². The Hall–Kier alpha value is -1.55. The summed E-state index contributed by atoms with van der Waals surface area (Å²) in [6.45, 7) is 4.89. The highest BCUT2D eigenvalue weighted by Gasteiger charge is 2.06. The first kappa shape index (κ1) is 13.9. The van der Waals surface area contributed by atoms with Crippen molar-refractivity contribution in [1.82, 2.24) is 10.1 Å². The largest absolute Gasteiger partial charge is 0.376 e. The molecule has 1 heterocycles. The van der Waals surface area contributed by atoms with Crippen LogP contribution in [0.5, 0.6) is 0 Å². The van der Waals surface area contributed by atoms with E-state index in [0.29, 0.717) is 18.4 Å². The van der Waals surface area contributed by atoms with Crippen molar-refractivity contribution in [3.8, 4) is 0 Å². The van der Waals surface area contributed by atoms with Gasteiger partial charge in [-0.1, -0.05) is 30.6 Å². The predicted molar refractivity (Wildman–Crippen MR) is 76.2 cm³/mol. The monoisotopic (exact) mass is 279 g/mol. The standard InChI is InChI=1S/C14H18ClN3O/c1-10(2)3-8-13-17-14(19-18-13)9-16-12-6-4-11(15)5-7-12/h4-7,10,16H,3,8-9H2,1-2H3. The topological polar surface area (TPSA) is 51.0 Å². The van der Waals surface area contributed by atoms with Crippen molar-refractivity contribution >= 4 is 17.3 Å². The van der Waals surface area contributed by atoms with Crippen molar-refractivity contribution in [2.45, 2.75) is 33.2 Å². The fraction of sp³-hybridized carbons (Fsp3) is 0.429. The summed E-state index contributed by atoms with van der Waals surface area (Å²) in [5, 5.41) is 7.90. The van der Waals surface area contributed by atoms with Crippen LogP contribution >= 0.6 is 11.6 Å².